The summed E-state index contributed by atoms with van der Waals surface area (Å²) in [5.74, 6) is 2.15. The smallest absolute Gasteiger partial charge is 0.125 e. The zero-order valence-corrected chi connectivity index (χ0v) is 20.8. The largest absolute Gasteiger partial charge is 0.369 e. The lowest BCUT2D eigenvalue weighted by atomic mass is 9.48. The van der Waals surface area contributed by atoms with E-state index >= 15 is 0 Å². The molecule has 35 heavy (non-hydrogen) atoms. The van der Waals surface area contributed by atoms with Gasteiger partial charge in [0.05, 0.1) is 12.7 Å². The zero-order chi connectivity index (χ0) is 23.6. The molecule has 1 aromatic heterocycles. The maximum Gasteiger partial charge on any atom is 0.125 e. The molecule has 2 bridgehead atoms. The molecule has 3 atom stereocenters. The van der Waals surface area contributed by atoms with Crippen molar-refractivity contribution < 1.29 is 4.39 Å². The Balaban J connectivity index is 1.12. The highest BCUT2D eigenvalue weighted by Crippen LogP contribution is 2.65. The van der Waals surface area contributed by atoms with Gasteiger partial charge in [-0.2, -0.15) is 0 Å². The van der Waals surface area contributed by atoms with Gasteiger partial charge in [-0.3, -0.25) is 9.29 Å². The number of halogens is 1. The molecule has 1 N–H and O–H groups in total. The second kappa shape index (κ2) is 8.41. The minimum absolute atomic E-state index is 0.186. The van der Waals surface area contributed by atoms with Crippen LogP contribution in [0.4, 0.5) is 10.2 Å². The molecule has 3 heterocycles. The van der Waals surface area contributed by atoms with E-state index in [2.05, 4.69) is 64.6 Å². The first-order chi connectivity index (χ1) is 17.1. The van der Waals surface area contributed by atoms with Gasteiger partial charge in [0.25, 0.3) is 0 Å². The molecule has 4 fully saturated rings. The van der Waals surface area contributed by atoms with Crippen LogP contribution < -0.4 is 5.32 Å². The summed E-state index contributed by atoms with van der Waals surface area (Å²) >= 11 is 0. The van der Waals surface area contributed by atoms with Crippen molar-refractivity contribution in [1.82, 2.24) is 14.8 Å². The standard InChI is InChI=1S/C30H37FN4/c1-20-12-26-25-5-3-2-4-23(25)13-27(26)29(35(20)30-14-22(15-30)16-30)24-6-7-28(33-18-24)32-9-11-34-10-8-21(17-31)19-34/h2-7,18,20-22,29H,8-17,19H2,1H3,(H,32,33)/t20-,21?,22?,29-,30?/m1/s1. The molecule has 184 valence electrons. The van der Waals surface area contributed by atoms with Gasteiger partial charge in [0.15, 0.2) is 0 Å². The molecule has 1 unspecified atom stereocenters. The number of anilines is 1. The SMILES string of the molecule is C[C@@H]1CC2=C(Cc3ccccc32)[C@@H](c2ccc(NCCN3CCC(CF)C3)nc2)N1C12CC(C1)C2. The number of fused-ring (bicyclic) bond motifs is 2. The van der Waals surface area contributed by atoms with Crippen molar-refractivity contribution in [3.63, 3.8) is 0 Å². The first kappa shape index (κ1) is 22.0. The minimum Gasteiger partial charge on any atom is -0.369 e. The van der Waals surface area contributed by atoms with Crippen molar-refractivity contribution in [2.45, 2.75) is 63.1 Å². The fraction of sp³-hybridized carbons (Fsp3) is 0.567. The molecule has 6 aliphatic rings. The average Bonchev–Trinajstić information content (AvgIpc) is 3.42. The highest BCUT2D eigenvalue weighted by atomic mass is 19.1. The Morgan fingerprint density at radius 1 is 1.14 bits per heavy atom. The van der Waals surface area contributed by atoms with E-state index in [9.17, 15) is 4.39 Å². The molecule has 5 heteroatoms. The molecule has 4 aliphatic carbocycles. The molecule has 0 amide bonds. The van der Waals surface area contributed by atoms with Gasteiger partial charge in [-0.1, -0.05) is 30.3 Å². The maximum atomic E-state index is 12.9. The number of rotatable bonds is 7. The predicted octanol–water partition coefficient (Wildman–Crippen LogP) is 5.48. The summed E-state index contributed by atoms with van der Waals surface area (Å²) in [6.07, 6.45) is 9.52. The third-order valence-corrected chi connectivity index (χ3v) is 9.67. The van der Waals surface area contributed by atoms with E-state index in [0.717, 1.165) is 50.8 Å². The van der Waals surface area contributed by atoms with Gasteiger partial charge >= 0.3 is 0 Å². The summed E-state index contributed by atoms with van der Waals surface area (Å²) in [7, 11) is 0. The Morgan fingerprint density at radius 3 is 2.71 bits per heavy atom. The van der Waals surface area contributed by atoms with E-state index in [0.29, 0.717) is 17.6 Å². The number of alkyl halides is 1. The van der Waals surface area contributed by atoms with Crippen molar-refractivity contribution >= 4 is 11.4 Å². The predicted molar refractivity (Wildman–Crippen MR) is 139 cm³/mol. The molecule has 0 spiro atoms. The molecule has 4 nitrogen and oxygen atoms in total. The molecule has 8 rings (SSSR count). The summed E-state index contributed by atoms with van der Waals surface area (Å²) in [4.78, 5) is 10.1. The number of likely N-dealkylation sites (tertiary alicyclic amines) is 1. The highest BCUT2D eigenvalue weighted by molar-refractivity contribution is 5.79. The van der Waals surface area contributed by atoms with Crippen LogP contribution in [0.25, 0.3) is 5.57 Å². The van der Waals surface area contributed by atoms with E-state index in [-0.39, 0.29) is 12.6 Å². The van der Waals surface area contributed by atoms with Crippen LogP contribution in [0.15, 0.2) is 48.2 Å². The summed E-state index contributed by atoms with van der Waals surface area (Å²) in [5.41, 5.74) is 7.97. The minimum atomic E-state index is -0.186. The lowest BCUT2D eigenvalue weighted by Gasteiger charge is -2.70. The van der Waals surface area contributed by atoms with E-state index in [1.54, 1.807) is 11.1 Å². The lowest BCUT2D eigenvalue weighted by molar-refractivity contribution is -0.173. The number of nitrogens with zero attached hydrogens (tertiary/aromatic N) is 3. The number of nitrogens with one attached hydrogen (secondary N) is 1. The van der Waals surface area contributed by atoms with Crippen LogP contribution in [0.1, 0.15) is 61.8 Å². The van der Waals surface area contributed by atoms with Crippen LogP contribution in [0.5, 0.6) is 0 Å². The van der Waals surface area contributed by atoms with Crippen LogP contribution in [0, 0.1) is 11.8 Å². The fourth-order valence-corrected chi connectivity index (χ4v) is 7.88. The molecule has 2 aromatic rings. The fourth-order valence-electron chi connectivity index (χ4n) is 7.88. The summed E-state index contributed by atoms with van der Waals surface area (Å²) in [6, 6.07) is 14.4. The van der Waals surface area contributed by atoms with Crippen molar-refractivity contribution in [3.8, 4) is 0 Å². The number of benzene rings is 1. The Morgan fingerprint density at radius 2 is 2.00 bits per heavy atom. The van der Waals surface area contributed by atoms with Gasteiger partial charge in [-0.05, 0) is 91.8 Å². The van der Waals surface area contributed by atoms with Crippen molar-refractivity contribution in [2.75, 3.05) is 38.2 Å². The second-order valence-electron chi connectivity index (χ2n) is 11.9. The number of hydrogen-bond acceptors (Lipinski definition) is 4. The third-order valence-electron chi connectivity index (χ3n) is 9.67. The van der Waals surface area contributed by atoms with Gasteiger partial charge in [0.1, 0.15) is 5.82 Å². The lowest BCUT2D eigenvalue weighted by Crippen LogP contribution is -2.71. The van der Waals surface area contributed by atoms with E-state index in [1.165, 1.54) is 42.4 Å². The first-order valence-electron chi connectivity index (χ1n) is 13.7. The Bertz CT molecular complexity index is 1120. The van der Waals surface area contributed by atoms with Gasteiger partial charge in [-0.25, -0.2) is 4.98 Å². The molecular formula is C30H37FN4. The van der Waals surface area contributed by atoms with Gasteiger partial charge in [0.2, 0.25) is 0 Å². The van der Waals surface area contributed by atoms with Crippen molar-refractivity contribution in [1.29, 1.82) is 0 Å². The highest BCUT2D eigenvalue weighted by Gasteiger charge is 2.63. The summed E-state index contributed by atoms with van der Waals surface area (Å²) < 4.78 is 12.9. The monoisotopic (exact) mass is 472 g/mol. The Hall–Kier alpha value is -2.24. The van der Waals surface area contributed by atoms with Crippen LogP contribution in [0.3, 0.4) is 0 Å². The molecular weight excluding hydrogens is 435 g/mol. The van der Waals surface area contributed by atoms with Crippen LogP contribution >= 0.6 is 0 Å². The van der Waals surface area contributed by atoms with Gasteiger partial charge in [-0.15, -0.1) is 0 Å². The third kappa shape index (κ3) is 3.57. The summed E-state index contributed by atoms with van der Waals surface area (Å²) in [5, 5.41) is 3.50. The Labute approximate surface area is 208 Å². The van der Waals surface area contributed by atoms with E-state index < -0.39 is 0 Å². The van der Waals surface area contributed by atoms with Gasteiger partial charge < -0.3 is 10.2 Å². The van der Waals surface area contributed by atoms with E-state index in [1.807, 2.05) is 0 Å². The average molecular weight is 473 g/mol. The number of hydrogen-bond donors (Lipinski definition) is 1. The van der Waals surface area contributed by atoms with Crippen molar-refractivity contribution in [3.05, 3.63) is 64.9 Å². The Kier molecular flexibility index (Phi) is 5.29. The van der Waals surface area contributed by atoms with E-state index in [4.69, 9.17) is 4.98 Å². The topological polar surface area (TPSA) is 31.4 Å². The maximum absolute atomic E-state index is 12.9. The van der Waals surface area contributed by atoms with Crippen molar-refractivity contribution in [2.24, 2.45) is 11.8 Å². The van der Waals surface area contributed by atoms with Crippen LogP contribution in [-0.2, 0) is 6.42 Å². The number of pyridine rings is 1. The van der Waals surface area contributed by atoms with Crippen LogP contribution in [0.2, 0.25) is 0 Å². The second-order valence-corrected chi connectivity index (χ2v) is 11.9. The molecule has 2 aliphatic heterocycles. The molecule has 0 radical (unpaired) electrons. The zero-order valence-electron chi connectivity index (χ0n) is 20.8. The quantitative estimate of drug-likeness (QED) is 0.578. The summed E-state index contributed by atoms with van der Waals surface area (Å²) in [6.45, 7) is 5.98. The van der Waals surface area contributed by atoms with Gasteiger partial charge in [0, 0.05) is 43.3 Å². The normalized spacial score (nSPS) is 33.8. The first-order valence-corrected chi connectivity index (χ1v) is 13.7. The molecule has 1 saturated heterocycles. The number of aromatic nitrogens is 1. The van der Waals surface area contributed by atoms with Crippen LogP contribution in [-0.4, -0.2) is 59.2 Å². The molecule has 3 saturated carbocycles. The molecule has 1 aromatic carbocycles.